The van der Waals surface area contributed by atoms with Crippen LogP contribution >= 0.6 is 12.4 Å². The first kappa shape index (κ1) is 16.3. The maximum Gasteiger partial charge on any atom is 0.174 e. The van der Waals surface area contributed by atoms with Crippen LogP contribution < -0.4 is 4.74 Å². The number of hydrogen-bond acceptors (Lipinski definition) is 4. The number of carbonyl (C=O) groups excluding carboxylic acids is 1. The third-order valence-electron chi connectivity index (χ3n) is 4.25. The van der Waals surface area contributed by atoms with E-state index in [2.05, 4.69) is 4.90 Å². The number of Topliss-reactive ketones (excluding diaryl/α,β-unsaturated/α-hetero) is 1. The Balaban J connectivity index is 0.00000161. The molecule has 4 nitrogen and oxygen atoms in total. The van der Waals surface area contributed by atoms with Crippen LogP contribution in [0.15, 0.2) is 12.1 Å². The fraction of sp³-hybridized carbons (Fsp3) is 0.562. The van der Waals surface area contributed by atoms with Gasteiger partial charge in [-0.05, 0) is 37.1 Å². The van der Waals surface area contributed by atoms with E-state index in [0.717, 1.165) is 49.7 Å². The van der Waals surface area contributed by atoms with Crippen LogP contribution in [-0.2, 0) is 4.74 Å². The van der Waals surface area contributed by atoms with Gasteiger partial charge in [-0.15, -0.1) is 12.4 Å². The number of ether oxygens (including phenoxy) is 2. The lowest BCUT2D eigenvalue weighted by atomic mass is 9.92. The normalized spacial score (nSPS) is 22.2. The molecule has 0 aliphatic carbocycles. The van der Waals surface area contributed by atoms with Gasteiger partial charge in [-0.3, -0.25) is 9.69 Å². The van der Waals surface area contributed by atoms with Crippen molar-refractivity contribution in [3.8, 4) is 5.75 Å². The van der Waals surface area contributed by atoms with Gasteiger partial charge in [0.2, 0.25) is 0 Å². The van der Waals surface area contributed by atoms with Crippen molar-refractivity contribution < 1.29 is 14.3 Å². The van der Waals surface area contributed by atoms with Gasteiger partial charge in [0.05, 0.1) is 31.3 Å². The SMILES string of the molecule is Cc1cc2c(cc1C)C(=O)C(CN1CCOCC1)CO2.Cl. The van der Waals surface area contributed by atoms with E-state index in [1.165, 1.54) is 5.56 Å². The molecule has 0 N–H and O–H groups in total. The molecule has 21 heavy (non-hydrogen) atoms. The first-order valence-electron chi connectivity index (χ1n) is 7.23. The van der Waals surface area contributed by atoms with Gasteiger partial charge in [0.25, 0.3) is 0 Å². The number of fused-ring (bicyclic) bond motifs is 1. The zero-order chi connectivity index (χ0) is 14.1. The summed E-state index contributed by atoms with van der Waals surface area (Å²) in [5.41, 5.74) is 3.06. The molecule has 0 spiro atoms. The number of morpholine rings is 1. The van der Waals surface area contributed by atoms with Gasteiger partial charge in [-0.2, -0.15) is 0 Å². The Bertz CT molecular complexity index is 526. The van der Waals surface area contributed by atoms with Crippen LogP contribution in [0.1, 0.15) is 21.5 Å². The number of halogens is 1. The van der Waals surface area contributed by atoms with Gasteiger partial charge in [0, 0.05) is 19.6 Å². The molecule has 3 rings (SSSR count). The van der Waals surface area contributed by atoms with E-state index in [4.69, 9.17) is 9.47 Å². The molecule has 1 aromatic rings. The van der Waals surface area contributed by atoms with Crippen LogP contribution in [0.2, 0.25) is 0 Å². The Hall–Kier alpha value is -1.10. The van der Waals surface area contributed by atoms with Crippen molar-refractivity contribution in [2.24, 2.45) is 5.92 Å². The number of rotatable bonds is 2. The van der Waals surface area contributed by atoms with Crippen molar-refractivity contribution in [1.82, 2.24) is 4.90 Å². The highest BCUT2D eigenvalue weighted by atomic mass is 35.5. The van der Waals surface area contributed by atoms with Crippen molar-refractivity contribution in [2.75, 3.05) is 39.5 Å². The molecule has 2 heterocycles. The zero-order valence-corrected chi connectivity index (χ0v) is 13.4. The second-order valence-electron chi connectivity index (χ2n) is 5.72. The van der Waals surface area contributed by atoms with Crippen LogP contribution in [0.4, 0.5) is 0 Å². The Morgan fingerprint density at radius 3 is 2.57 bits per heavy atom. The topological polar surface area (TPSA) is 38.8 Å². The zero-order valence-electron chi connectivity index (χ0n) is 12.6. The first-order valence-corrected chi connectivity index (χ1v) is 7.23. The van der Waals surface area contributed by atoms with Crippen molar-refractivity contribution >= 4 is 18.2 Å². The Morgan fingerprint density at radius 2 is 1.86 bits per heavy atom. The van der Waals surface area contributed by atoms with Crippen LogP contribution in [0.25, 0.3) is 0 Å². The standard InChI is InChI=1S/C16H21NO3.ClH/c1-11-7-14-15(8-12(11)2)20-10-13(16(14)18)9-17-3-5-19-6-4-17;/h7-8,13H,3-6,9-10H2,1-2H3;1H. The van der Waals surface area contributed by atoms with Crippen molar-refractivity contribution in [2.45, 2.75) is 13.8 Å². The van der Waals surface area contributed by atoms with Gasteiger partial charge < -0.3 is 9.47 Å². The van der Waals surface area contributed by atoms with E-state index in [1.54, 1.807) is 0 Å². The highest BCUT2D eigenvalue weighted by molar-refractivity contribution is 6.01. The highest BCUT2D eigenvalue weighted by Gasteiger charge is 2.31. The second-order valence-corrected chi connectivity index (χ2v) is 5.72. The summed E-state index contributed by atoms with van der Waals surface area (Å²) in [4.78, 5) is 14.9. The number of nitrogens with zero attached hydrogens (tertiary/aromatic N) is 1. The van der Waals surface area contributed by atoms with Gasteiger partial charge in [0.1, 0.15) is 5.75 Å². The minimum Gasteiger partial charge on any atom is -0.492 e. The van der Waals surface area contributed by atoms with Crippen molar-refractivity contribution in [1.29, 1.82) is 0 Å². The summed E-state index contributed by atoms with van der Waals surface area (Å²) in [6.45, 7) is 8.68. The molecule has 5 heteroatoms. The fourth-order valence-electron chi connectivity index (χ4n) is 2.82. The molecule has 0 radical (unpaired) electrons. The van der Waals surface area contributed by atoms with Crippen LogP contribution in [-0.4, -0.2) is 50.1 Å². The van der Waals surface area contributed by atoms with Gasteiger partial charge in [0.15, 0.2) is 5.78 Å². The number of hydrogen-bond donors (Lipinski definition) is 0. The molecule has 1 atom stereocenters. The Labute approximate surface area is 131 Å². The predicted molar refractivity (Wildman–Crippen MR) is 83.7 cm³/mol. The molecule has 0 bridgehead atoms. The van der Waals surface area contributed by atoms with Gasteiger partial charge >= 0.3 is 0 Å². The fourth-order valence-corrected chi connectivity index (χ4v) is 2.82. The third-order valence-corrected chi connectivity index (χ3v) is 4.25. The lowest BCUT2D eigenvalue weighted by molar-refractivity contribution is 0.0250. The lowest BCUT2D eigenvalue weighted by Gasteiger charge is -2.32. The van der Waals surface area contributed by atoms with Gasteiger partial charge in [-0.25, -0.2) is 0 Å². The number of carbonyl (C=O) groups is 1. The maximum atomic E-state index is 12.6. The molecule has 2 aliphatic rings. The van der Waals surface area contributed by atoms with E-state index in [0.29, 0.717) is 6.61 Å². The second kappa shape index (κ2) is 6.77. The van der Waals surface area contributed by atoms with Crippen LogP contribution in [0.5, 0.6) is 5.75 Å². The van der Waals surface area contributed by atoms with Crippen molar-refractivity contribution in [3.05, 3.63) is 28.8 Å². The van der Waals surface area contributed by atoms with Crippen LogP contribution in [0, 0.1) is 19.8 Å². The summed E-state index contributed by atoms with van der Waals surface area (Å²) < 4.78 is 11.1. The minimum absolute atomic E-state index is 0. The van der Waals surface area contributed by atoms with Crippen LogP contribution in [0.3, 0.4) is 0 Å². The number of ketones is 1. The molecule has 0 saturated carbocycles. The van der Waals surface area contributed by atoms with Gasteiger partial charge in [-0.1, -0.05) is 0 Å². The van der Waals surface area contributed by atoms with E-state index in [1.807, 2.05) is 26.0 Å². The van der Waals surface area contributed by atoms with E-state index < -0.39 is 0 Å². The third kappa shape index (κ3) is 3.39. The Kier molecular flexibility index (Phi) is 5.25. The molecule has 0 amide bonds. The number of benzene rings is 1. The smallest absolute Gasteiger partial charge is 0.174 e. The molecule has 1 saturated heterocycles. The quantitative estimate of drug-likeness (QED) is 0.840. The predicted octanol–water partition coefficient (Wildman–Crippen LogP) is 2.25. The maximum absolute atomic E-state index is 12.6. The molecule has 1 unspecified atom stereocenters. The summed E-state index contributed by atoms with van der Waals surface area (Å²) in [6.07, 6.45) is 0. The summed E-state index contributed by atoms with van der Waals surface area (Å²) in [5.74, 6) is 0.917. The summed E-state index contributed by atoms with van der Waals surface area (Å²) in [5, 5.41) is 0. The molecule has 2 aliphatic heterocycles. The summed E-state index contributed by atoms with van der Waals surface area (Å²) in [7, 11) is 0. The Morgan fingerprint density at radius 1 is 1.19 bits per heavy atom. The largest absolute Gasteiger partial charge is 0.492 e. The van der Waals surface area contributed by atoms with Crippen molar-refractivity contribution in [3.63, 3.8) is 0 Å². The average molecular weight is 312 g/mol. The first-order chi connectivity index (χ1) is 9.65. The molecular weight excluding hydrogens is 290 g/mol. The molecule has 1 fully saturated rings. The van der Waals surface area contributed by atoms with E-state index in [-0.39, 0.29) is 24.1 Å². The molecular formula is C16H22ClNO3. The molecule has 1 aromatic carbocycles. The number of aryl methyl sites for hydroxylation is 2. The summed E-state index contributed by atoms with van der Waals surface area (Å²) in [6, 6.07) is 3.95. The molecule has 116 valence electrons. The highest BCUT2D eigenvalue weighted by Crippen LogP contribution is 2.30. The minimum atomic E-state index is -0.0530. The molecule has 0 aromatic heterocycles. The monoisotopic (exact) mass is 311 g/mol. The lowest BCUT2D eigenvalue weighted by Crippen LogP contribution is -2.43. The van der Waals surface area contributed by atoms with E-state index in [9.17, 15) is 4.79 Å². The van der Waals surface area contributed by atoms with E-state index >= 15 is 0 Å². The average Bonchev–Trinajstić information content (AvgIpc) is 2.46. The summed E-state index contributed by atoms with van der Waals surface area (Å²) >= 11 is 0.